The third-order valence-corrected chi connectivity index (χ3v) is 4.90. The van der Waals surface area contributed by atoms with Crippen molar-refractivity contribution < 1.29 is 17.3 Å². The molecule has 0 aliphatic heterocycles. The molecule has 4 rings (SSSR count). The van der Waals surface area contributed by atoms with Crippen LogP contribution in [0.5, 0.6) is 0 Å². The standard InChI is InChI=1S/C23H21F3N4/c1-12-18-21(28-13(2)19(29-18)23(24,25)26)30-20(27-12)15-10-14-8-6-7-9-16(14)17(11-15)22(3,4)5/h6-11H,1-5H3/i1D3. The van der Waals surface area contributed by atoms with Gasteiger partial charge >= 0.3 is 6.18 Å². The molecule has 0 aliphatic carbocycles. The fraction of sp³-hybridized carbons (Fsp3) is 0.304. The molecule has 2 aromatic carbocycles. The van der Waals surface area contributed by atoms with Crippen LogP contribution in [-0.4, -0.2) is 19.9 Å². The van der Waals surface area contributed by atoms with Crippen LogP contribution in [-0.2, 0) is 11.6 Å². The van der Waals surface area contributed by atoms with Crippen LogP contribution in [0.1, 0.15) is 47.5 Å². The summed E-state index contributed by atoms with van der Waals surface area (Å²) in [7, 11) is 0. The summed E-state index contributed by atoms with van der Waals surface area (Å²) in [5.74, 6) is 0.0679. The maximum absolute atomic E-state index is 13.4. The highest BCUT2D eigenvalue weighted by Gasteiger charge is 2.36. The van der Waals surface area contributed by atoms with Crippen LogP contribution in [0, 0.1) is 13.8 Å². The molecule has 30 heavy (non-hydrogen) atoms. The minimum atomic E-state index is -4.78. The summed E-state index contributed by atoms with van der Waals surface area (Å²) >= 11 is 0. The van der Waals surface area contributed by atoms with Crippen LogP contribution in [0.3, 0.4) is 0 Å². The van der Waals surface area contributed by atoms with E-state index in [1.54, 1.807) is 0 Å². The lowest BCUT2D eigenvalue weighted by Gasteiger charge is -2.22. The molecule has 2 aromatic heterocycles. The van der Waals surface area contributed by atoms with E-state index in [1.807, 2.05) is 36.4 Å². The van der Waals surface area contributed by atoms with Gasteiger partial charge in [0.1, 0.15) is 5.52 Å². The molecule has 0 radical (unpaired) electrons. The quantitative estimate of drug-likeness (QED) is 0.374. The number of hydrogen-bond acceptors (Lipinski definition) is 4. The molecular weight excluding hydrogens is 389 g/mol. The topological polar surface area (TPSA) is 51.6 Å². The smallest absolute Gasteiger partial charge is 0.236 e. The lowest BCUT2D eigenvalue weighted by molar-refractivity contribution is -0.141. The van der Waals surface area contributed by atoms with Gasteiger partial charge in [-0.1, -0.05) is 45.0 Å². The van der Waals surface area contributed by atoms with Gasteiger partial charge < -0.3 is 0 Å². The number of nitrogens with zero attached hydrogens (tertiary/aromatic N) is 4. The lowest BCUT2D eigenvalue weighted by atomic mass is 9.82. The zero-order chi connectivity index (χ0) is 24.3. The maximum atomic E-state index is 13.4. The van der Waals surface area contributed by atoms with Crippen molar-refractivity contribution in [3.8, 4) is 11.4 Å². The molecule has 0 saturated carbocycles. The van der Waals surface area contributed by atoms with E-state index in [9.17, 15) is 13.2 Å². The van der Waals surface area contributed by atoms with E-state index in [-0.39, 0.29) is 22.6 Å². The van der Waals surface area contributed by atoms with E-state index in [4.69, 9.17) is 4.11 Å². The van der Waals surface area contributed by atoms with Crippen LogP contribution in [0.15, 0.2) is 36.4 Å². The largest absolute Gasteiger partial charge is 0.435 e. The molecule has 0 spiro atoms. The second-order valence-corrected chi connectivity index (χ2v) is 8.22. The highest BCUT2D eigenvalue weighted by molar-refractivity contribution is 5.91. The van der Waals surface area contributed by atoms with Crippen LogP contribution < -0.4 is 0 Å². The molecule has 4 aromatic rings. The summed E-state index contributed by atoms with van der Waals surface area (Å²) in [5.41, 5.74) is -1.56. The molecule has 7 heteroatoms. The molecule has 4 nitrogen and oxygen atoms in total. The fourth-order valence-corrected chi connectivity index (χ4v) is 3.49. The average molecular weight is 413 g/mol. The minimum Gasteiger partial charge on any atom is -0.236 e. The van der Waals surface area contributed by atoms with E-state index in [1.165, 1.54) is 6.92 Å². The molecule has 0 bridgehead atoms. The average Bonchev–Trinajstić information content (AvgIpc) is 2.69. The van der Waals surface area contributed by atoms with E-state index in [2.05, 4.69) is 40.7 Å². The van der Waals surface area contributed by atoms with E-state index in [0.29, 0.717) is 5.56 Å². The Balaban J connectivity index is 2.06. The lowest BCUT2D eigenvalue weighted by Crippen LogP contribution is -2.14. The van der Waals surface area contributed by atoms with Crippen molar-refractivity contribution in [2.24, 2.45) is 0 Å². The number of hydrogen-bond donors (Lipinski definition) is 0. The second kappa shape index (κ2) is 6.72. The Kier molecular flexibility index (Phi) is 3.74. The number of aryl methyl sites for hydroxylation is 2. The number of halogens is 3. The van der Waals surface area contributed by atoms with Crippen molar-refractivity contribution in [1.82, 2.24) is 19.9 Å². The van der Waals surface area contributed by atoms with E-state index in [0.717, 1.165) is 16.3 Å². The van der Waals surface area contributed by atoms with Gasteiger partial charge in [-0.15, -0.1) is 0 Å². The molecule has 0 N–H and O–H groups in total. The third-order valence-electron chi connectivity index (χ3n) is 4.90. The van der Waals surface area contributed by atoms with Crippen molar-refractivity contribution in [2.75, 3.05) is 0 Å². The predicted octanol–water partition coefficient (Wildman–Crippen LogP) is 6.17. The summed E-state index contributed by atoms with van der Waals surface area (Å²) in [6.07, 6.45) is -4.78. The number of alkyl halides is 3. The van der Waals surface area contributed by atoms with Gasteiger partial charge in [-0.25, -0.2) is 19.9 Å². The Bertz CT molecular complexity index is 1390. The molecule has 154 valence electrons. The molecule has 0 aliphatic rings. The molecule has 0 fully saturated rings. The Morgan fingerprint density at radius 1 is 0.900 bits per heavy atom. The normalized spacial score (nSPS) is 14.6. The minimum absolute atomic E-state index is 0.0679. The second-order valence-electron chi connectivity index (χ2n) is 8.22. The molecule has 0 unspecified atom stereocenters. The highest BCUT2D eigenvalue weighted by Crippen LogP contribution is 2.35. The summed E-state index contributed by atoms with van der Waals surface area (Å²) in [4.78, 5) is 16.0. The van der Waals surface area contributed by atoms with Gasteiger partial charge in [0.05, 0.1) is 11.4 Å². The Labute approximate surface area is 176 Å². The monoisotopic (exact) mass is 413 g/mol. The van der Waals surface area contributed by atoms with Crippen molar-refractivity contribution in [3.05, 3.63) is 59.0 Å². The Morgan fingerprint density at radius 2 is 1.63 bits per heavy atom. The third kappa shape index (κ3) is 3.49. The van der Waals surface area contributed by atoms with Gasteiger partial charge in [-0.3, -0.25) is 0 Å². The van der Waals surface area contributed by atoms with Crippen molar-refractivity contribution in [1.29, 1.82) is 0 Å². The zero-order valence-electron chi connectivity index (χ0n) is 19.9. The van der Waals surface area contributed by atoms with E-state index < -0.39 is 29.9 Å². The zero-order valence-corrected chi connectivity index (χ0v) is 16.9. The number of aromatic nitrogens is 4. The van der Waals surface area contributed by atoms with Crippen molar-refractivity contribution >= 4 is 21.9 Å². The number of fused-ring (bicyclic) bond motifs is 2. The van der Waals surface area contributed by atoms with Gasteiger partial charge in [0, 0.05) is 9.68 Å². The van der Waals surface area contributed by atoms with Crippen LogP contribution in [0.2, 0.25) is 0 Å². The fourth-order valence-electron chi connectivity index (χ4n) is 3.49. The van der Waals surface area contributed by atoms with Crippen LogP contribution >= 0.6 is 0 Å². The van der Waals surface area contributed by atoms with Crippen LogP contribution in [0.4, 0.5) is 13.2 Å². The van der Waals surface area contributed by atoms with Crippen LogP contribution in [0.25, 0.3) is 33.3 Å². The van der Waals surface area contributed by atoms with Crippen molar-refractivity contribution in [3.63, 3.8) is 0 Å². The van der Waals surface area contributed by atoms with Gasteiger partial charge in [-0.2, -0.15) is 13.2 Å². The van der Waals surface area contributed by atoms with Gasteiger partial charge in [0.25, 0.3) is 0 Å². The summed E-state index contributed by atoms with van der Waals surface area (Å²) in [6, 6.07) is 11.5. The summed E-state index contributed by atoms with van der Waals surface area (Å²) < 4.78 is 63.7. The molecule has 0 saturated heterocycles. The molecule has 2 heterocycles. The highest BCUT2D eigenvalue weighted by atomic mass is 19.4. The first-order chi connectivity index (χ1) is 15.2. The van der Waals surface area contributed by atoms with E-state index >= 15 is 0 Å². The Morgan fingerprint density at radius 3 is 2.30 bits per heavy atom. The maximum Gasteiger partial charge on any atom is 0.435 e. The number of benzene rings is 2. The summed E-state index contributed by atoms with van der Waals surface area (Å²) in [6.45, 7) is 4.52. The van der Waals surface area contributed by atoms with Crippen molar-refractivity contribution in [2.45, 2.75) is 46.1 Å². The molecule has 0 amide bonds. The van der Waals surface area contributed by atoms with Gasteiger partial charge in [-0.05, 0) is 47.7 Å². The first-order valence-electron chi connectivity index (χ1n) is 10.8. The number of rotatable bonds is 1. The van der Waals surface area contributed by atoms with Gasteiger partial charge in [0.15, 0.2) is 17.2 Å². The summed E-state index contributed by atoms with van der Waals surface area (Å²) in [5, 5.41) is 1.95. The van der Waals surface area contributed by atoms with Gasteiger partial charge in [0.2, 0.25) is 0 Å². The molecule has 0 atom stereocenters. The Hall–Kier alpha value is -3.09. The first-order valence-corrected chi connectivity index (χ1v) is 9.34. The predicted molar refractivity (Wildman–Crippen MR) is 111 cm³/mol. The SMILES string of the molecule is [2H]C([2H])([2H])c1nc(-c2cc(C(C)(C)C)c3ccccc3c2)nc2nc(C)c(C(F)(F)F)nc12. The molecular formula is C23H21F3N4. The first kappa shape index (κ1) is 16.7.